The molecule has 0 spiro atoms. The molecule has 1 aliphatic rings. The normalized spacial score (nSPS) is 14.7. The number of aliphatic imine (C=N–C) groups is 1. The summed E-state index contributed by atoms with van der Waals surface area (Å²) in [6, 6.07) is 5.93. The number of rotatable bonds is 6. The second kappa shape index (κ2) is 9.12. The predicted molar refractivity (Wildman–Crippen MR) is 89.8 cm³/mol. The highest BCUT2D eigenvalue weighted by molar-refractivity contribution is 14.0. The molecule has 1 fully saturated rings. The Morgan fingerprint density at radius 3 is 2.84 bits per heavy atom. The van der Waals surface area contributed by atoms with Gasteiger partial charge in [-0.15, -0.1) is 24.0 Å². The van der Waals surface area contributed by atoms with Gasteiger partial charge in [0, 0.05) is 19.8 Å². The van der Waals surface area contributed by atoms with Crippen LogP contribution in [0.4, 0.5) is 0 Å². The van der Waals surface area contributed by atoms with Crippen LogP contribution in [0, 0.1) is 5.92 Å². The van der Waals surface area contributed by atoms with Crippen LogP contribution in [0.25, 0.3) is 0 Å². The van der Waals surface area contributed by atoms with E-state index in [9.17, 15) is 0 Å². The highest BCUT2D eigenvalue weighted by Gasteiger charge is 2.19. The zero-order valence-electron chi connectivity index (χ0n) is 11.4. The van der Waals surface area contributed by atoms with Gasteiger partial charge in [0.15, 0.2) is 5.96 Å². The number of nitrogens with one attached hydrogen (secondary N) is 2. The molecule has 2 N–H and O–H groups in total. The summed E-state index contributed by atoms with van der Waals surface area (Å²) < 4.78 is 0. The Balaban J connectivity index is 0.00000180. The number of hydrogen-bond donors (Lipinski definition) is 2. The molecule has 1 aromatic heterocycles. The number of guanidine groups is 1. The summed E-state index contributed by atoms with van der Waals surface area (Å²) in [5, 5.41) is 6.60. The largest absolute Gasteiger partial charge is 0.356 e. The van der Waals surface area contributed by atoms with Crippen molar-refractivity contribution < 1.29 is 0 Å². The van der Waals surface area contributed by atoms with Crippen molar-refractivity contribution in [1.82, 2.24) is 15.6 Å². The van der Waals surface area contributed by atoms with Crippen molar-refractivity contribution in [2.75, 3.05) is 13.6 Å². The highest BCUT2D eigenvalue weighted by Crippen LogP contribution is 2.33. The lowest BCUT2D eigenvalue weighted by Crippen LogP contribution is -2.37. The third-order valence-corrected chi connectivity index (χ3v) is 3.17. The average Bonchev–Trinajstić information content (AvgIpc) is 3.23. The van der Waals surface area contributed by atoms with E-state index in [0.717, 1.165) is 24.1 Å². The molecule has 5 heteroatoms. The van der Waals surface area contributed by atoms with Crippen molar-refractivity contribution in [2.24, 2.45) is 10.9 Å². The molecule has 0 aliphatic heterocycles. The molecular formula is C14H23IN4. The lowest BCUT2D eigenvalue weighted by atomic mass is 10.2. The van der Waals surface area contributed by atoms with Crippen LogP contribution >= 0.6 is 24.0 Å². The first-order chi connectivity index (χ1) is 8.88. The summed E-state index contributed by atoms with van der Waals surface area (Å²) in [5.41, 5.74) is 1.03. The SMILES string of the molecule is CN=C(NCCCC1CC1)NCc1ccccn1.I. The van der Waals surface area contributed by atoms with Gasteiger partial charge in [0.1, 0.15) is 0 Å². The quantitative estimate of drug-likeness (QED) is 0.348. The minimum atomic E-state index is 0. The van der Waals surface area contributed by atoms with Crippen LogP contribution in [0.3, 0.4) is 0 Å². The maximum Gasteiger partial charge on any atom is 0.191 e. The molecule has 0 bridgehead atoms. The molecule has 106 valence electrons. The van der Waals surface area contributed by atoms with Gasteiger partial charge in [0.05, 0.1) is 12.2 Å². The maximum atomic E-state index is 4.27. The summed E-state index contributed by atoms with van der Waals surface area (Å²) in [7, 11) is 1.80. The standard InChI is InChI=1S/C14H22N4.HI/c1-15-14(17-10-4-5-12-7-8-12)18-11-13-6-2-3-9-16-13;/h2-3,6,9,12H,4-5,7-8,10-11H2,1H3,(H2,15,17,18);1H. The van der Waals surface area contributed by atoms with Crippen LogP contribution in [-0.2, 0) is 6.54 Å². The molecule has 0 atom stereocenters. The lowest BCUT2D eigenvalue weighted by molar-refractivity contribution is 0.644. The van der Waals surface area contributed by atoms with Crippen LogP contribution in [-0.4, -0.2) is 24.5 Å². The van der Waals surface area contributed by atoms with E-state index in [2.05, 4.69) is 20.6 Å². The summed E-state index contributed by atoms with van der Waals surface area (Å²) in [6.07, 6.45) is 7.27. The van der Waals surface area contributed by atoms with Crippen molar-refractivity contribution in [2.45, 2.75) is 32.2 Å². The molecule has 0 saturated heterocycles. The average molecular weight is 374 g/mol. The Kier molecular flexibility index (Phi) is 7.78. The Hall–Kier alpha value is -0.850. The van der Waals surface area contributed by atoms with Crippen LogP contribution in [0.2, 0.25) is 0 Å². The monoisotopic (exact) mass is 374 g/mol. The molecule has 0 radical (unpaired) electrons. The number of hydrogen-bond acceptors (Lipinski definition) is 2. The molecule has 1 saturated carbocycles. The van der Waals surface area contributed by atoms with Crippen molar-refractivity contribution in [1.29, 1.82) is 0 Å². The topological polar surface area (TPSA) is 49.3 Å². The zero-order valence-corrected chi connectivity index (χ0v) is 13.8. The van der Waals surface area contributed by atoms with E-state index in [1.54, 1.807) is 7.05 Å². The van der Waals surface area contributed by atoms with Gasteiger partial charge in [-0.3, -0.25) is 9.98 Å². The fourth-order valence-electron chi connectivity index (χ4n) is 1.90. The molecule has 2 rings (SSSR count). The number of nitrogens with zero attached hydrogens (tertiary/aromatic N) is 2. The molecule has 0 unspecified atom stereocenters. The fraction of sp³-hybridized carbons (Fsp3) is 0.571. The molecule has 1 aliphatic carbocycles. The maximum absolute atomic E-state index is 4.27. The first-order valence-electron chi connectivity index (χ1n) is 6.73. The highest BCUT2D eigenvalue weighted by atomic mass is 127. The summed E-state index contributed by atoms with van der Waals surface area (Å²) in [5.74, 6) is 1.87. The Morgan fingerprint density at radius 2 is 2.21 bits per heavy atom. The van der Waals surface area contributed by atoms with Gasteiger partial charge in [-0.2, -0.15) is 0 Å². The minimum absolute atomic E-state index is 0. The Labute approximate surface area is 132 Å². The minimum Gasteiger partial charge on any atom is -0.356 e. The van der Waals surface area contributed by atoms with E-state index in [1.165, 1.54) is 25.7 Å². The molecule has 0 aromatic carbocycles. The second-order valence-electron chi connectivity index (χ2n) is 4.76. The fourth-order valence-corrected chi connectivity index (χ4v) is 1.90. The van der Waals surface area contributed by atoms with E-state index in [1.807, 2.05) is 24.4 Å². The smallest absolute Gasteiger partial charge is 0.191 e. The van der Waals surface area contributed by atoms with Crippen molar-refractivity contribution >= 4 is 29.9 Å². The first kappa shape index (κ1) is 16.2. The first-order valence-corrected chi connectivity index (χ1v) is 6.73. The van der Waals surface area contributed by atoms with Crippen molar-refractivity contribution in [3.63, 3.8) is 0 Å². The molecule has 4 nitrogen and oxygen atoms in total. The molecule has 1 aromatic rings. The van der Waals surface area contributed by atoms with Gasteiger partial charge >= 0.3 is 0 Å². The van der Waals surface area contributed by atoms with Gasteiger partial charge < -0.3 is 10.6 Å². The van der Waals surface area contributed by atoms with E-state index < -0.39 is 0 Å². The second-order valence-corrected chi connectivity index (χ2v) is 4.76. The van der Waals surface area contributed by atoms with E-state index >= 15 is 0 Å². The third kappa shape index (κ3) is 6.75. The summed E-state index contributed by atoms with van der Waals surface area (Å²) in [6.45, 7) is 1.71. The van der Waals surface area contributed by atoms with Gasteiger partial charge in [-0.25, -0.2) is 0 Å². The van der Waals surface area contributed by atoms with Crippen molar-refractivity contribution in [3.05, 3.63) is 30.1 Å². The number of halogens is 1. The molecule has 0 amide bonds. The molecule has 19 heavy (non-hydrogen) atoms. The molecule has 1 heterocycles. The van der Waals surface area contributed by atoms with Gasteiger partial charge in [-0.05, 0) is 30.9 Å². The van der Waals surface area contributed by atoms with Crippen LogP contribution < -0.4 is 10.6 Å². The molecular weight excluding hydrogens is 351 g/mol. The van der Waals surface area contributed by atoms with Gasteiger partial charge in [0.2, 0.25) is 0 Å². The number of aromatic nitrogens is 1. The zero-order chi connectivity index (χ0) is 12.6. The van der Waals surface area contributed by atoms with Crippen molar-refractivity contribution in [3.8, 4) is 0 Å². The van der Waals surface area contributed by atoms with Crippen LogP contribution in [0.5, 0.6) is 0 Å². The van der Waals surface area contributed by atoms with E-state index in [0.29, 0.717) is 6.54 Å². The summed E-state index contributed by atoms with van der Waals surface area (Å²) in [4.78, 5) is 8.47. The van der Waals surface area contributed by atoms with Crippen LogP contribution in [0.1, 0.15) is 31.4 Å². The Bertz CT molecular complexity index is 376. The lowest BCUT2D eigenvalue weighted by Gasteiger charge is -2.11. The predicted octanol–water partition coefficient (Wildman–Crippen LogP) is 2.55. The van der Waals surface area contributed by atoms with E-state index in [-0.39, 0.29) is 24.0 Å². The third-order valence-electron chi connectivity index (χ3n) is 3.17. The van der Waals surface area contributed by atoms with Gasteiger partial charge in [0.25, 0.3) is 0 Å². The van der Waals surface area contributed by atoms with Gasteiger partial charge in [-0.1, -0.05) is 18.9 Å². The van der Waals surface area contributed by atoms with Crippen LogP contribution in [0.15, 0.2) is 29.4 Å². The van der Waals surface area contributed by atoms with E-state index in [4.69, 9.17) is 0 Å². The summed E-state index contributed by atoms with van der Waals surface area (Å²) >= 11 is 0. The number of pyridine rings is 1. The Morgan fingerprint density at radius 1 is 1.37 bits per heavy atom.